The summed E-state index contributed by atoms with van der Waals surface area (Å²) in [6, 6.07) is 9.04. The predicted octanol–water partition coefficient (Wildman–Crippen LogP) is 3.88. The van der Waals surface area contributed by atoms with Gasteiger partial charge in [-0.15, -0.1) is 0 Å². The second kappa shape index (κ2) is 5.44. The minimum absolute atomic E-state index is 0.801. The van der Waals surface area contributed by atoms with Crippen LogP contribution < -0.4 is 5.32 Å². The highest BCUT2D eigenvalue weighted by Crippen LogP contribution is 2.42. The zero-order valence-corrected chi connectivity index (χ0v) is 11.5. The first-order valence-electron chi connectivity index (χ1n) is 7.62. The van der Waals surface area contributed by atoms with Crippen LogP contribution in [0.3, 0.4) is 0 Å². The molecule has 1 heteroatoms. The van der Waals surface area contributed by atoms with Crippen LogP contribution in [0.5, 0.6) is 0 Å². The lowest BCUT2D eigenvalue weighted by Crippen LogP contribution is -2.39. The Balaban J connectivity index is 1.85. The molecule has 0 spiro atoms. The standard InChI is InChI=1S/C17H25N/c1-13-6-2-5-9-15(13)16-10-11-18-12-17(16)14-7-3-4-8-14/h2,5-6,9,14,16-18H,3-4,7-8,10-12H2,1H3. The number of nitrogens with one attached hydrogen (secondary N) is 1. The molecule has 98 valence electrons. The van der Waals surface area contributed by atoms with Gasteiger partial charge < -0.3 is 5.32 Å². The van der Waals surface area contributed by atoms with Gasteiger partial charge >= 0.3 is 0 Å². The lowest BCUT2D eigenvalue weighted by Gasteiger charge is -2.37. The van der Waals surface area contributed by atoms with Gasteiger partial charge in [0.05, 0.1) is 0 Å². The van der Waals surface area contributed by atoms with Crippen LogP contribution in [0.4, 0.5) is 0 Å². The lowest BCUT2D eigenvalue weighted by molar-refractivity contribution is 0.230. The van der Waals surface area contributed by atoms with E-state index in [4.69, 9.17) is 0 Å². The highest BCUT2D eigenvalue weighted by molar-refractivity contribution is 5.30. The summed E-state index contributed by atoms with van der Waals surface area (Å²) >= 11 is 0. The average molecular weight is 243 g/mol. The first-order chi connectivity index (χ1) is 8.86. The highest BCUT2D eigenvalue weighted by Gasteiger charge is 2.34. The highest BCUT2D eigenvalue weighted by atomic mass is 14.9. The first kappa shape index (κ1) is 12.2. The molecule has 2 fully saturated rings. The molecule has 1 saturated heterocycles. The molecule has 0 radical (unpaired) electrons. The molecule has 0 bridgehead atoms. The second-order valence-electron chi connectivity index (χ2n) is 6.16. The van der Waals surface area contributed by atoms with E-state index in [1.807, 2.05) is 0 Å². The lowest BCUT2D eigenvalue weighted by atomic mass is 9.73. The average Bonchev–Trinajstić information content (AvgIpc) is 2.93. The SMILES string of the molecule is Cc1ccccc1C1CCNCC1C1CCCC1. The quantitative estimate of drug-likeness (QED) is 0.831. The van der Waals surface area contributed by atoms with Gasteiger partial charge in [-0.3, -0.25) is 0 Å². The number of hydrogen-bond donors (Lipinski definition) is 1. The molecule has 1 saturated carbocycles. The van der Waals surface area contributed by atoms with Gasteiger partial charge in [0.2, 0.25) is 0 Å². The summed E-state index contributed by atoms with van der Waals surface area (Å²) in [5.41, 5.74) is 3.11. The van der Waals surface area contributed by atoms with E-state index in [2.05, 4.69) is 36.5 Å². The van der Waals surface area contributed by atoms with E-state index < -0.39 is 0 Å². The van der Waals surface area contributed by atoms with Crippen molar-refractivity contribution in [2.75, 3.05) is 13.1 Å². The van der Waals surface area contributed by atoms with Crippen LogP contribution in [-0.4, -0.2) is 13.1 Å². The van der Waals surface area contributed by atoms with Gasteiger partial charge in [0.25, 0.3) is 0 Å². The van der Waals surface area contributed by atoms with Crippen molar-refractivity contribution in [1.29, 1.82) is 0 Å². The fourth-order valence-electron chi connectivity index (χ4n) is 4.15. The summed E-state index contributed by atoms with van der Waals surface area (Å²) in [6.45, 7) is 4.72. The topological polar surface area (TPSA) is 12.0 Å². The Kier molecular flexibility index (Phi) is 3.69. The molecule has 2 unspecified atom stereocenters. The minimum atomic E-state index is 0.801. The second-order valence-corrected chi connectivity index (χ2v) is 6.16. The van der Waals surface area contributed by atoms with Gasteiger partial charge in [-0.2, -0.15) is 0 Å². The van der Waals surface area contributed by atoms with Gasteiger partial charge in [0.1, 0.15) is 0 Å². The van der Waals surface area contributed by atoms with Gasteiger partial charge in [0, 0.05) is 0 Å². The van der Waals surface area contributed by atoms with Gasteiger partial charge in [0.15, 0.2) is 0 Å². The van der Waals surface area contributed by atoms with Crippen LogP contribution in [0.2, 0.25) is 0 Å². The Morgan fingerprint density at radius 3 is 2.61 bits per heavy atom. The summed E-state index contributed by atoms with van der Waals surface area (Å²) in [6.07, 6.45) is 7.18. The Hall–Kier alpha value is -0.820. The van der Waals surface area contributed by atoms with E-state index in [0.29, 0.717) is 0 Å². The summed E-state index contributed by atoms with van der Waals surface area (Å²) in [5, 5.41) is 3.63. The van der Waals surface area contributed by atoms with Crippen molar-refractivity contribution in [1.82, 2.24) is 5.32 Å². The maximum Gasteiger partial charge on any atom is -0.00120 e. The van der Waals surface area contributed by atoms with Crippen LogP contribution in [-0.2, 0) is 0 Å². The van der Waals surface area contributed by atoms with E-state index >= 15 is 0 Å². The third-order valence-corrected chi connectivity index (χ3v) is 5.12. The molecule has 2 atom stereocenters. The largest absolute Gasteiger partial charge is 0.316 e. The Morgan fingerprint density at radius 2 is 1.83 bits per heavy atom. The molecule has 0 amide bonds. The van der Waals surface area contributed by atoms with Gasteiger partial charge in [-0.1, -0.05) is 49.9 Å². The van der Waals surface area contributed by atoms with E-state index in [1.54, 1.807) is 5.56 Å². The van der Waals surface area contributed by atoms with Gasteiger partial charge in [-0.25, -0.2) is 0 Å². The van der Waals surface area contributed by atoms with Crippen LogP contribution >= 0.6 is 0 Å². The first-order valence-corrected chi connectivity index (χ1v) is 7.62. The fourth-order valence-corrected chi connectivity index (χ4v) is 4.15. The van der Waals surface area contributed by atoms with Crippen molar-refractivity contribution in [3.8, 4) is 0 Å². The van der Waals surface area contributed by atoms with Crippen molar-refractivity contribution >= 4 is 0 Å². The van der Waals surface area contributed by atoms with E-state index in [0.717, 1.165) is 17.8 Å². The van der Waals surface area contributed by atoms with Crippen molar-refractivity contribution in [3.63, 3.8) is 0 Å². The number of benzene rings is 1. The molecule has 1 aromatic rings. The predicted molar refractivity (Wildman–Crippen MR) is 76.9 cm³/mol. The molecule has 1 heterocycles. The maximum atomic E-state index is 3.63. The maximum absolute atomic E-state index is 3.63. The Morgan fingerprint density at radius 1 is 1.06 bits per heavy atom. The minimum Gasteiger partial charge on any atom is -0.316 e. The normalized spacial score (nSPS) is 29.6. The molecule has 2 aliphatic rings. The third kappa shape index (κ3) is 2.33. The molecule has 0 aromatic heterocycles. The number of piperidine rings is 1. The summed E-state index contributed by atoms with van der Waals surface area (Å²) in [7, 11) is 0. The molecule has 1 N–H and O–H groups in total. The molecular formula is C17H25N. The summed E-state index contributed by atoms with van der Waals surface area (Å²) in [4.78, 5) is 0. The smallest absolute Gasteiger partial charge is 0.00120 e. The zero-order valence-electron chi connectivity index (χ0n) is 11.5. The fraction of sp³-hybridized carbons (Fsp3) is 0.647. The van der Waals surface area contributed by atoms with E-state index in [1.165, 1.54) is 50.8 Å². The molecular weight excluding hydrogens is 218 g/mol. The van der Waals surface area contributed by atoms with E-state index in [9.17, 15) is 0 Å². The molecule has 1 aliphatic heterocycles. The monoisotopic (exact) mass is 243 g/mol. The number of aryl methyl sites for hydroxylation is 1. The zero-order chi connectivity index (χ0) is 12.4. The van der Waals surface area contributed by atoms with Crippen molar-refractivity contribution < 1.29 is 0 Å². The Labute approximate surface area is 111 Å². The van der Waals surface area contributed by atoms with Crippen LogP contribution in [0.1, 0.15) is 49.1 Å². The van der Waals surface area contributed by atoms with Gasteiger partial charge in [-0.05, 0) is 55.3 Å². The summed E-state index contributed by atoms with van der Waals surface area (Å²) in [5.74, 6) is 2.65. The van der Waals surface area contributed by atoms with Crippen LogP contribution in [0.15, 0.2) is 24.3 Å². The molecule has 1 nitrogen and oxygen atoms in total. The van der Waals surface area contributed by atoms with E-state index in [-0.39, 0.29) is 0 Å². The summed E-state index contributed by atoms with van der Waals surface area (Å²) < 4.78 is 0. The van der Waals surface area contributed by atoms with Crippen molar-refractivity contribution in [2.24, 2.45) is 11.8 Å². The number of rotatable bonds is 2. The Bertz CT molecular complexity index is 392. The van der Waals surface area contributed by atoms with Crippen molar-refractivity contribution in [2.45, 2.75) is 44.9 Å². The molecule has 18 heavy (non-hydrogen) atoms. The molecule has 1 aliphatic carbocycles. The van der Waals surface area contributed by atoms with Crippen molar-refractivity contribution in [3.05, 3.63) is 35.4 Å². The van der Waals surface area contributed by atoms with Crippen LogP contribution in [0, 0.1) is 18.8 Å². The molecule has 3 rings (SSSR count). The number of hydrogen-bond acceptors (Lipinski definition) is 1. The third-order valence-electron chi connectivity index (χ3n) is 5.12. The molecule has 1 aromatic carbocycles. The van der Waals surface area contributed by atoms with Crippen LogP contribution in [0.25, 0.3) is 0 Å².